The Hall–Kier alpha value is -2.77. The average molecular weight is 419 g/mol. The maximum atomic E-state index is 12.8. The van der Waals surface area contributed by atoms with Crippen LogP contribution in [0.3, 0.4) is 0 Å². The second-order valence-corrected chi connectivity index (χ2v) is 8.27. The molecule has 0 radical (unpaired) electrons. The molecule has 1 aliphatic rings. The van der Waals surface area contributed by atoms with Crippen LogP contribution < -0.4 is 20.7 Å². The molecule has 0 saturated carbocycles. The number of nitrogens with zero attached hydrogens (tertiary/aromatic N) is 1. The molecule has 0 unspecified atom stereocenters. The van der Waals surface area contributed by atoms with Gasteiger partial charge in [0.15, 0.2) is 0 Å². The lowest BCUT2D eigenvalue weighted by Crippen LogP contribution is -2.55. The Kier molecular flexibility index (Phi) is 8.50. The Labute approximate surface area is 178 Å². The first-order chi connectivity index (χ1) is 14.2. The number of likely N-dealkylation sites (tertiary alicyclic amines) is 1. The van der Waals surface area contributed by atoms with Gasteiger partial charge < -0.3 is 25.6 Å². The molecule has 3 N–H and O–H groups in total. The molecule has 1 fully saturated rings. The number of methoxy groups -OCH3 is 1. The van der Waals surface area contributed by atoms with E-state index in [1.807, 2.05) is 27.7 Å². The van der Waals surface area contributed by atoms with Crippen LogP contribution in [-0.4, -0.2) is 61.1 Å². The minimum Gasteiger partial charge on any atom is -0.497 e. The van der Waals surface area contributed by atoms with Crippen LogP contribution in [0.4, 0.5) is 4.79 Å². The van der Waals surface area contributed by atoms with E-state index in [2.05, 4.69) is 16.0 Å². The van der Waals surface area contributed by atoms with Crippen LogP contribution in [0.2, 0.25) is 0 Å². The molecule has 0 bridgehead atoms. The van der Waals surface area contributed by atoms with Crippen LogP contribution in [0.25, 0.3) is 0 Å². The summed E-state index contributed by atoms with van der Waals surface area (Å²) in [5, 5.41) is 8.72. The van der Waals surface area contributed by atoms with Crippen LogP contribution in [0.1, 0.15) is 50.9 Å². The van der Waals surface area contributed by atoms with Crippen molar-refractivity contribution in [1.29, 1.82) is 0 Å². The molecule has 1 aromatic carbocycles. The zero-order chi connectivity index (χ0) is 22.3. The summed E-state index contributed by atoms with van der Waals surface area (Å²) >= 11 is 0. The van der Waals surface area contributed by atoms with Crippen molar-refractivity contribution >= 4 is 17.8 Å². The van der Waals surface area contributed by atoms with Gasteiger partial charge in [-0.3, -0.25) is 9.59 Å². The van der Waals surface area contributed by atoms with Crippen LogP contribution in [0, 0.1) is 5.92 Å². The number of piperidine rings is 1. The summed E-state index contributed by atoms with van der Waals surface area (Å²) in [6.07, 6.45) is 1.29. The molecular formula is C22H34N4O4. The highest BCUT2D eigenvalue weighted by atomic mass is 16.5. The van der Waals surface area contributed by atoms with Gasteiger partial charge >= 0.3 is 6.03 Å². The number of benzene rings is 1. The van der Waals surface area contributed by atoms with Gasteiger partial charge in [0, 0.05) is 30.7 Å². The van der Waals surface area contributed by atoms with Gasteiger partial charge in [-0.15, -0.1) is 0 Å². The summed E-state index contributed by atoms with van der Waals surface area (Å²) in [5.74, 6) is 0.111. The zero-order valence-electron chi connectivity index (χ0n) is 18.5. The fourth-order valence-corrected chi connectivity index (χ4v) is 3.51. The number of ether oxygens (including phenoxy) is 1. The second kappa shape index (κ2) is 10.8. The van der Waals surface area contributed by atoms with Gasteiger partial charge in [0.05, 0.1) is 7.11 Å². The van der Waals surface area contributed by atoms with Crippen molar-refractivity contribution in [3.05, 3.63) is 29.8 Å². The normalized spacial score (nSPS) is 15.6. The zero-order valence-corrected chi connectivity index (χ0v) is 18.5. The minimum atomic E-state index is -0.655. The number of amides is 4. The van der Waals surface area contributed by atoms with Crippen molar-refractivity contribution < 1.29 is 19.1 Å². The summed E-state index contributed by atoms with van der Waals surface area (Å²) in [5.41, 5.74) is 0.465. The minimum absolute atomic E-state index is 0.0326. The largest absolute Gasteiger partial charge is 0.497 e. The number of hydrogen-bond donors (Lipinski definition) is 3. The standard InChI is InChI=1S/C22H34N4O4/c1-14(2)23-21(28)19(25-20(27)17-6-8-18(30-5)9-7-17)16-10-12-26(13-11-16)22(29)24-15(3)4/h6-9,14-16,19H,10-13H2,1-5H3,(H,23,28)(H,24,29)(H,25,27)/t19-/m0/s1. The van der Waals surface area contributed by atoms with E-state index < -0.39 is 6.04 Å². The van der Waals surface area contributed by atoms with Gasteiger partial charge in [-0.2, -0.15) is 0 Å². The van der Waals surface area contributed by atoms with Gasteiger partial charge in [-0.1, -0.05) is 0 Å². The predicted octanol–water partition coefficient (Wildman–Crippen LogP) is 2.15. The van der Waals surface area contributed by atoms with E-state index in [9.17, 15) is 14.4 Å². The topological polar surface area (TPSA) is 99.8 Å². The molecule has 8 nitrogen and oxygen atoms in total. The van der Waals surface area contributed by atoms with E-state index in [1.54, 1.807) is 36.3 Å². The first-order valence-electron chi connectivity index (χ1n) is 10.5. The number of urea groups is 1. The highest BCUT2D eigenvalue weighted by Crippen LogP contribution is 2.22. The Balaban J connectivity index is 2.07. The van der Waals surface area contributed by atoms with Crippen LogP contribution >= 0.6 is 0 Å². The number of hydrogen-bond acceptors (Lipinski definition) is 4. The van der Waals surface area contributed by atoms with Crippen molar-refractivity contribution in [2.45, 2.75) is 58.7 Å². The second-order valence-electron chi connectivity index (χ2n) is 8.27. The molecular weight excluding hydrogens is 384 g/mol. The third-order valence-corrected chi connectivity index (χ3v) is 5.06. The Morgan fingerprint density at radius 3 is 2.00 bits per heavy atom. The summed E-state index contributed by atoms with van der Waals surface area (Å²) < 4.78 is 5.13. The van der Waals surface area contributed by atoms with Crippen LogP contribution in [0.15, 0.2) is 24.3 Å². The molecule has 0 aromatic heterocycles. The molecule has 2 rings (SSSR count). The molecule has 0 aliphatic carbocycles. The van der Waals surface area contributed by atoms with Crippen LogP contribution in [-0.2, 0) is 4.79 Å². The molecule has 1 saturated heterocycles. The Morgan fingerprint density at radius 2 is 1.50 bits per heavy atom. The quantitative estimate of drug-likeness (QED) is 0.632. The summed E-state index contributed by atoms with van der Waals surface area (Å²) in [6.45, 7) is 8.72. The molecule has 0 spiro atoms. The summed E-state index contributed by atoms with van der Waals surface area (Å²) in [7, 11) is 1.56. The molecule has 4 amide bonds. The Morgan fingerprint density at radius 1 is 0.933 bits per heavy atom. The third-order valence-electron chi connectivity index (χ3n) is 5.06. The monoisotopic (exact) mass is 418 g/mol. The van der Waals surface area contributed by atoms with E-state index in [4.69, 9.17) is 4.74 Å². The van der Waals surface area contributed by atoms with Crippen molar-refractivity contribution in [1.82, 2.24) is 20.9 Å². The van der Waals surface area contributed by atoms with Crippen molar-refractivity contribution in [2.75, 3.05) is 20.2 Å². The van der Waals surface area contributed by atoms with E-state index in [1.165, 1.54) is 0 Å². The summed E-state index contributed by atoms with van der Waals surface area (Å²) in [6, 6.07) is 6.06. The van der Waals surface area contributed by atoms with E-state index >= 15 is 0 Å². The van der Waals surface area contributed by atoms with Gasteiger partial charge in [0.2, 0.25) is 5.91 Å². The number of nitrogens with one attached hydrogen (secondary N) is 3. The fourth-order valence-electron chi connectivity index (χ4n) is 3.51. The van der Waals surface area contributed by atoms with Gasteiger partial charge in [0.1, 0.15) is 11.8 Å². The smallest absolute Gasteiger partial charge is 0.317 e. The molecule has 1 aliphatic heterocycles. The SMILES string of the molecule is COc1ccc(C(=O)N[C@H](C(=O)NC(C)C)C2CCN(C(=O)NC(C)C)CC2)cc1. The Bertz CT molecular complexity index is 725. The van der Waals surface area contributed by atoms with Crippen molar-refractivity contribution in [3.8, 4) is 5.75 Å². The lowest BCUT2D eigenvalue weighted by Gasteiger charge is -2.36. The third kappa shape index (κ3) is 6.64. The molecule has 166 valence electrons. The number of carbonyl (C=O) groups excluding carboxylic acids is 3. The number of rotatable bonds is 7. The molecule has 1 heterocycles. The van der Waals surface area contributed by atoms with E-state index in [0.29, 0.717) is 37.2 Å². The first-order valence-corrected chi connectivity index (χ1v) is 10.5. The number of carbonyl (C=O) groups is 3. The highest BCUT2D eigenvalue weighted by molar-refractivity contribution is 5.97. The predicted molar refractivity (Wildman–Crippen MR) is 115 cm³/mol. The maximum Gasteiger partial charge on any atom is 0.317 e. The fraction of sp³-hybridized carbons (Fsp3) is 0.591. The first kappa shape index (κ1) is 23.5. The maximum absolute atomic E-state index is 12.8. The molecule has 1 aromatic rings. The van der Waals surface area contributed by atoms with E-state index in [0.717, 1.165) is 0 Å². The lowest BCUT2D eigenvalue weighted by molar-refractivity contribution is -0.125. The van der Waals surface area contributed by atoms with Crippen LogP contribution in [0.5, 0.6) is 5.75 Å². The summed E-state index contributed by atoms with van der Waals surface area (Å²) in [4.78, 5) is 39.6. The van der Waals surface area contributed by atoms with Crippen molar-refractivity contribution in [2.24, 2.45) is 5.92 Å². The highest BCUT2D eigenvalue weighted by Gasteiger charge is 2.34. The molecule has 8 heteroatoms. The van der Waals surface area contributed by atoms with Gasteiger partial charge in [-0.05, 0) is 70.7 Å². The lowest BCUT2D eigenvalue weighted by atomic mass is 9.88. The van der Waals surface area contributed by atoms with E-state index in [-0.39, 0.29) is 35.8 Å². The average Bonchev–Trinajstić information content (AvgIpc) is 2.71. The van der Waals surface area contributed by atoms with Gasteiger partial charge in [-0.25, -0.2) is 4.79 Å². The van der Waals surface area contributed by atoms with Gasteiger partial charge in [0.25, 0.3) is 5.91 Å². The molecule has 1 atom stereocenters. The van der Waals surface area contributed by atoms with Crippen molar-refractivity contribution in [3.63, 3.8) is 0 Å². The molecule has 30 heavy (non-hydrogen) atoms.